The van der Waals surface area contributed by atoms with Gasteiger partial charge in [-0.15, -0.1) is 12.4 Å². The quantitative estimate of drug-likeness (QED) is 0.304. The smallest absolute Gasteiger partial charge is 1.00 e. The topological polar surface area (TPSA) is 63.6 Å². The van der Waals surface area contributed by atoms with Gasteiger partial charge in [0.1, 0.15) is 6.26 Å². The van der Waals surface area contributed by atoms with Crippen LogP contribution in [0.4, 0.5) is 0 Å². The molecule has 52 valence electrons. The van der Waals surface area contributed by atoms with Gasteiger partial charge in [0.2, 0.25) is 0 Å². The predicted octanol–water partition coefficient (Wildman–Crippen LogP) is -2.51. The summed E-state index contributed by atoms with van der Waals surface area (Å²) in [6.45, 7) is 2.88. The van der Waals surface area contributed by atoms with Crippen molar-refractivity contribution in [2.45, 2.75) is 0 Å². The number of hydrogen-bond donors (Lipinski definition) is 1. The number of halogens is 1. The second-order valence-corrected chi connectivity index (χ2v) is 1.74. The van der Waals surface area contributed by atoms with Crippen molar-refractivity contribution in [1.82, 2.24) is 0 Å². The Balaban J connectivity index is -0.0000000600. The number of rotatable bonds is 2. The summed E-state index contributed by atoms with van der Waals surface area (Å²) in [6.07, 6.45) is 0.620. The van der Waals surface area contributed by atoms with E-state index in [0.29, 0.717) is 6.26 Å². The average molecular weight is 201 g/mol. The first-order valence-electron chi connectivity index (χ1n) is 1.33. The molecule has 0 rings (SSSR count). The summed E-state index contributed by atoms with van der Waals surface area (Å²) in [5.74, 6) is 0. The third kappa shape index (κ3) is 17.6. The molecule has 1 N–H and O–H groups in total. The minimum absolute atomic E-state index is 0. The maximum atomic E-state index is 9.49. The molecule has 0 fully saturated rings. The van der Waals surface area contributed by atoms with E-state index in [-0.39, 0.29) is 65.2 Å². The van der Waals surface area contributed by atoms with Gasteiger partial charge in [-0.3, -0.25) is 4.55 Å². The van der Waals surface area contributed by atoms with Gasteiger partial charge in [0.25, 0.3) is 0 Å². The van der Waals surface area contributed by atoms with Crippen LogP contribution in [0.3, 0.4) is 0 Å². The van der Waals surface area contributed by atoms with Gasteiger partial charge >= 0.3 is 61.8 Å². The summed E-state index contributed by atoms with van der Waals surface area (Å²) >= 11 is 0. The van der Waals surface area contributed by atoms with E-state index in [4.69, 9.17) is 4.55 Å². The molecule has 7 heteroatoms. The summed E-state index contributed by atoms with van der Waals surface area (Å²) in [5, 5.41) is 0. The van der Waals surface area contributed by atoms with Gasteiger partial charge < -0.3 is 5.61 Å². The van der Waals surface area contributed by atoms with Crippen molar-refractivity contribution in [3.8, 4) is 0 Å². The van der Waals surface area contributed by atoms with Crippen molar-refractivity contribution in [1.29, 1.82) is 0 Å². The van der Waals surface area contributed by atoms with Crippen LogP contribution in [0.2, 0.25) is 0 Å². The Kier molecular flexibility index (Phi) is 13.9. The first kappa shape index (κ1) is 16.8. The monoisotopic (exact) mass is 200 g/mol. The molecule has 0 aliphatic carbocycles. The molecule has 0 saturated heterocycles. The van der Waals surface area contributed by atoms with E-state index in [0.717, 1.165) is 0 Å². The standard InChI is InChI=1S/C2H4O4S.ClH.K.H/c1-2-6-7(3,4)5;;;/h2H,1H2,(H,3,4,5);1H;;/q;;+1;-1. The Morgan fingerprint density at radius 3 is 2.00 bits per heavy atom. The molecule has 0 atom stereocenters. The normalized spacial score (nSPS) is 8.11. The summed E-state index contributed by atoms with van der Waals surface area (Å²) in [5.41, 5.74) is 0. The molecular weight excluding hydrogens is 195 g/mol. The molecule has 9 heavy (non-hydrogen) atoms. The molecule has 0 amide bonds. The van der Waals surface area contributed by atoms with Crippen molar-refractivity contribution in [3.63, 3.8) is 0 Å². The molecule has 0 spiro atoms. The van der Waals surface area contributed by atoms with E-state index in [2.05, 4.69) is 10.8 Å². The Morgan fingerprint density at radius 1 is 1.67 bits per heavy atom. The van der Waals surface area contributed by atoms with Crippen LogP contribution in [0.1, 0.15) is 1.43 Å². The first-order chi connectivity index (χ1) is 3.06. The van der Waals surface area contributed by atoms with Crippen LogP contribution in [0.5, 0.6) is 0 Å². The Bertz CT molecular complexity index is 157. The van der Waals surface area contributed by atoms with Crippen molar-refractivity contribution >= 4 is 22.8 Å². The maximum Gasteiger partial charge on any atom is 1.00 e. The Morgan fingerprint density at radius 2 is 2.00 bits per heavy atom. The maximum absolute atomic E-state index is 9.49. The molecule has 0 bridgehead atoms. The van der Waals surface area contributed by atoms with Crippen LogP contribution < -0.4 is 51.4 Å². The molecule has 0 unspecified atom stereocenters. The third-order valence-corrected chi connectivity index (χ3v) is 0.569. The predicted molar refractivity (Wildman–Crippen MR) is 31.2 cm³/mol. The Hall–Kier alpha value is 1.38. The van der Waals surface area contributed by atoms with E-state index in [1.54, 1.807) is 0 Å². The zero-order valence-corrected chi connectivity index (χ0v) is 9.53. The van der Waals surface area contributed by atoms with E-state index in [1.807, 2.05) is 0 Å². The Labute approximate surface area is 104 Å². The third-order valence-electron chi connectivity index (χ3n) is 0.190. The molecular formula is C2H6ClKO4S. The molecule has 0 aromatic carbocycles. The van der Waals surface area contributed by atoms with Gasteiger partial charge in [-0.05, 0) is 0 Å². The van der Waals surface area contributed by atoms with Gasteiger partial charge in [-0.2, -0.15) is 8.42 Å². The van der Waals surface area contributed by atoms with E-state index < -0.39 is 10.4 Å². The van der Waals surface area contributed by atoms with Crippen LogP contribution in [0.15, 0.2) is 12.8 Å². The fourth-order valence-electron chi connectivity index (χ4n) is 0.0860. The van der Waals surface area contributed by atoms with Gasteiger partial charge in [-0.25, -0.2) is 0 Å². The SMILES string of the molecule is C=COS(=O)(=O)O.Cl.[H-].[K+]. The minimum Gasteiger partial charge on any atom is -1.00 e. The summed E-state index contributed by atoms with van der Waals surface area (Å²) in [6, 6.07) is 0. The van der Waals surface area contributed by atoms with Crippen LogP contribution in [0.25, 0.3) is 0 Å². The molecule has 0 aliphatic heterocycles. The largest absolute Gasteiger partial charge is 1.00 e. The van der Waals surface area contributed by atoms with Gasteiger partial charge in [0.15, 0.2) is 0 Å². The summed E-state index contributed by atoms with van der Waals surface area (Å²) in [4.78, 5) is 0. The fraction of sp³-hybridized carbons (Fsp3) is 0. The van der Waals surface area contributed by atoms with Crippen molar-refractivity contribution in [3.05, 3.63) is 12.8 Å². The van der Waals surface area contributed by atoms with Crippen LogP contribution in [0, 0.1) is 0 Å². The molecule has 0 radical (unpaired) electrons. The first-order valence-corrected chi connectivity index (χ1v) is 2.69. The molecule has 0 heterocycles. The molecule has 0 aliphatic rings. The summed E-state index contributed by atoms with van der Waals surface area (Å²) < 4.78 is 30.2. The molecule has 4 nitrogen and oxygen atoms in total. The van der Waals surface area contributed by atoms with Gasteiger partial charge in [0, 0.05) is 0 Å². The molecule has 0 aromatic rings. The second-order valence-electron chi connectivity index (χ2n) is 0.691. The zero-order chi connectivity index (χ0) is 5.91. The van der Waals surface area contributed by atoms with Gasteiger partial charge in [-0.1, -0.05) is 6.58 Å². The van der Waals surface area contributed by atoms with Crippen molar-refractivity contribution in [2.75, 3.05) is 0 Å². The molecule has 0 aromatic heterocycles. The van der Waals surface area contributed by atoms with Crippen molar-refractivity contribution < 1.29 is 70.0 Å². The minimum atomic E-state index is -4.29. The average Bonchev–Trinajstić information content (AvgIpc) is 1.30. The van der Waals surface area contributed by atoms with Crippen LogP contribution >= 0.6 is 12.4 Å². The second kappa shape index (κ2) is 7.48. The number of hydrogen-bond acceptors (Lipinski definition) is 3. The van der Waals surface area contributed by atoms with Crippen molar-refractivity contribution in [2.24, 2.45) is 0 Å². The van der Waals surface area contributed by atoms with Crippen LogP contribution in [-0.2, 0) is 14.6 Å². The molecule has 0 saturated carbocycles. The van der Waals surface area contributed by atoms with E-state index in [1.165, 1.54) is 0 Å². The van der Waals surface area contributed by atoms with E-state index >= 15 is 0 Å². The fourth-order valence-corrected chi connectivity index (χ4v) is 0.258. The van der Waals surface area contributed by atoms with Gasteiger partial charge in [0.05, 0.1) is 0 Å². The van der Waals surface area contributed by atoms with Crippen LogP contribution in [-0.4, -0.2) is 13.0 Å². The summed E-state index contributed by atoms with van der Waals surface area (Å²) in [7, 11) is -4.29. The zero-order valence-electron chi connectivity index (χ0n) is 5.77. The van der Waals surface area contributed by atoms with E-state index in [9.17, 15) is 8.42 Å².